The van der Waals surface area contributed by atoms with Crippen LogP contribution in [0.2, 0.25) is 5.02 Å². The molecular formula is C29H28ClN3O4. The number of likely N-dealkylation sites (tertiary alicyclic amines) is 1. The van der Waals surface area contributed by atoms with Crippen LogP contribution >= 0.6 is 11.6 Å². The summed E-state index contributed by atoms with van der Waals surface area (Å²) in [5.41, 5.74) is 4.02. The molecule has 1 aromatic heterocycles. The number of esters is 1. The van der Waals surface area contributed by atoms with E-state index in [4.69, 9.17) is 21.1 Å². The second-order valence-electron chi connectivity index (χ2n) is 9.16. The summed E-state index contributed by atoms with van der Waals surface area (Å²) in [6.45, 7) is 1.04. The number of aromatic amines is 1. The van der Waals surface area contributed by atoms with Crippen LogP contribution in [0.5, 0.6) is 5.75 Å². The topological polar surface area (TPSA) is 83.7 Å². The largest absolute Gasteiger partial charge is 0.497 e. The number of hydrogen-bond acceptors (Lipinski definition) is 5. The zero-order valence-corrected chi connectivity index (χ0v) is 21.4. The van der Waals surface area contributed by atoms with E-state index in [1.165, 1.54) is 7.11 Å². The second-order valence-corrected chi connectivity index (χ2v) is 9.59. The molecule has 37 heavy (non-hydrogen) atoms. The van der Waals surface area contributed by atoms with E-state index in [-0.39, 0.29) is 17.9 Å². The molecule has 0 bridgehead atoms. The average molecular weight is 518 g/mol. The van der Waals surface area contributed by atoms with Crippen LogP contribution in [0.25, 0.3) is 22.0 Å². The molecule has 0 aliphatic carbocycles. The van der Waals surface area contributed by atoms with E-state index >= 15 is 0 Å². The molecule has 8 heteroatoms. The molecule has 0 radical (unpaired) electrons. The van der Waals surface area contributed by atoms with Gasteiger partial charge in [-0.2, -0.15) is 0 Å². The zero-order chi connectivity index (χ0) is 25.9. The summed E-state index contributed by atoms with van der Waals surface area (Å²) in [7, 11) is 3.01. The van der Waals surface area contributed by atoms with Gasteiger partial charge in [-0.15, -0.1) is 0 Å². The standard InChI is InChI=1S/C29H28ClN3O4/c1-36-22-10-6-7-18(13-22)16-33-17-21(15-25(33)29(35)37-2)31-28(34)27-26(19-8-4-3-5-9-19)23-14-20(30)11-12-24(23)32-27/h3-14,21,25,32H,15-17H2,1-2H3,(H,31,34)/t21-,25+/m1/s1. The molecule has 1 fully saturated rings. The maximum Gasteiger partial charge on any atom is 0.323 e. The Morgan fingerprint density at radius 3 is 2.62 bits per heavy atom. The Morgan fingerprint density at radius 1 is 1.05 bits per heavy atom. The van der Waals surface area contributed by atoms with Crippen LogP contribution in [0.4, 0.5) is 0 Å². The quantitative estimate of drug-likeness (QED) is 0.335. The van der Waals surface area contributed by atoms with E-state index in [2.05, 4.69) is 10.3 Å². The molecule has 0 unspecified atom stereocenters. The van der Waals surface area contributed by atoms with Crippen LogP contribution in [0.3, 0.4) is 0 Å². The number of amides is 1. The van der Waals surface area contributed by atoms with Crippen molar-refractivity contribution in [3.05, 3.63) is 89.1 Å². The predicted molar refractivity (Wildman–Crippen MR) is 144 cm³/mol. The number of carbonyl (C=O) groups excluding carboxylic acids is 2. The molecule has 1 amide bonds. The van der Waals surface area contributed by atoms with Gasteiger partial charge in [0.05, 0.1) is 14.2 Å². The van der Waals surface area contributed by atoms with Crippen LogP contribution < -0.4 is 10.1 Å². The average Bonchev–Trinajstić information content (AvgIpc) is 3.49. The number of nitrogens with zero attached hydrogens (tertiary/aromatic N) is 1. The highest BCUT2D eigenvalue weighted by atomic mass is 35.5. The molecule has 2 heterocycles. The first-order chi connectivity index (χ1) is 18.0. The number of ether oxygens (including phenoxy) is 2. The van der Waals surface area contributed by atoms with Gasteiger partial charge in [-0.05, 0) is 47.9 Å². The van der Waals surface area contributed by atoms with Crippen molar-refractivity contribution in [2.24, 2.45) is 0 Å². The lowest BCUT2D eigenvalue weighted by molar-refractivity contribution is -0.146. The third kappa shape index (κ3) is 5.19. The smallest absolute Gasteiger partial charge is 0.323 e. The van der Waals surface area contributed by atoms with Crippen LogP contribution in [-0.4, -0.2) is 54.6 Å². The molecule has 1 saturated heterocycles. The van der Waals surface area contributed by atoms with Gasteiger partial charge in [-0.1, -0.05) is 54.1 Å². The third-order valence-electron chi connectivity index (χ3n) is 6.78. The van der Waals surface area contributed by atoms with Gasteiger partial charge >= 0.3 is 5.97 Å². The maximum absolute atomic E-state index is 13.6. The van der Waals surface area contributed by atoms with Crippen molar-refractivity contribution in [1.82, 2.24) is 15.2 Å². The van der Waals surface area contributed by atoms with E-state index in [0.29, 0.717) is 30.2 Å². The first kappa shape index (κ1) is 24.9. The molecule has 5 rings (SSSR count). The lowest BCUT2D eigenvalue weighted by Crippen LogP contribution is -2.38. The van der Waals surface area contributed by atoms with Crippen molar-refractivity contribution in [1.29, 1.82) is 0 Å². The summed E-state index contributed by atoms with van der Waals surface area (Å²) in [6, 6.07) is 22.3. The highest BCUT2D eigenvalue weighted by Crippen LogP contribution is 2.34. The number of carbonyl (C=O) groups is 2. The minimum Gasteiger partial charge on any atom is -0.497 e. The normalized spacial score (nSPS) is 17.6. The second kappa shape index (κ2) is 10.7. The number of halogens is 1. The first-order valence-corrected chi connectivity index (χ1v) is 12.5. The summed E-state index contributed by atoms with van der Waals surface area (Å²) >= 11 is 6.29. The van der Waals surface area contributed by atoms with Crippen molar-refractivity contribution in [2.75, 3.05) is 20.8 Å². The number of rotatable bonds is 7. The Morgan fingerprint density at radius 2 is 1.86 bits per heavy atom. The highest BCUT2D eigenvalue weighted by Gasteiger charge is 2.38. The Balaban J connectivity index is 1.41. The lowest BCUT2D eigenvalue weighted by atomic mass is 10.0. The Hall–Kier alpha value is -3.81. The fourth-order valence-corrected chi connectivity index (χ4v) is 5.24. The lowest BCUT2D eigenvalue weighted by Gasteiger charge is -2.22. The van der Waals surface area contributed by atoms with Crippen molar-refractivity contribution in [3.8, 4) is 16.9 Å². The molecular weight excluding hydrogens is 490 g/mol. The summed E-state index contributed by atoms with van der Waals surface area (Å²) in [5, 5.41) is 4.63. The van der Waals surface area contributed by atoms with Crippen LogP contribution in [0.1, 0.15) is 22.5 Å². The molecule has 0 saturated carbocycles. The first-order valence-electron chi connectivity index (χ1n) is 12.1. The van der Waals surface area contributed by atoms with Crippen LogP contribution in [0.15, 0.2) is 72.8 Å². The van der Waals surface area contributed by atoms with Crippen molar-refractivity contribution in [3.63, 3.8) is 0 Å². The Bertz CT molecular complexity index is 1440. The van der Waals surface area contributed by atoms with Gasteiger partial charge in [0.15, 0.2) is 0 Å². The number of benzene rings is 3. The van der Waals surface area contributed by atoms with Crippen molar-refractivity contribution in [2.45, 2.75) is 25.0 Å². The molecule has 2 atom stereocenters. The predicted octanol–water partition coefficient (Wildman–Crippen LogP) is 5.04. The van der Waals surface area contributed by atoms with E-state index in [1.54, 1.807) is 13.2 Å². The van der Waals surface area contributed by atoms with Gasteiger partial charge in [0, 0.05) is 40.6 Å². The minimum atomic E-state index is -0.461. The zero-order valence-electron chi connectivity index (χ0n) is 20.7. The van der Waals surface area contributed by atoms with Gasteiger partial charge < -0.3 is 19.8 Å². The van der Waals surface area contributed by atoms with Gasteiger partial charge in [0.25, 0.3) is 5.91 Å². The van der Waals surface area contributed by atoms with E-state index < -0.39 is 6.04 Å². The number of hydrogen-bond donors (Lipinski definition) is 2. The van der Waals surface area contributed by atoms with Gasteiger partial charge in [0.2, 0.25) is 0 Å². The highest BCUT2D eigenvalue weighted by molar-refractivity contribution is 6.31. The van der Waals surface area contributed by atoms with Crippen LogP contribution in [-0.2, 0) is 16.1 Å². The maximum atomic E-state index is 13.6. The molecule has 3 aromatic carbocycles. The number of methoxy groups -OCH3 is 2. The minimum absolute atomic E-state index is 0.233. The molecule has 7 nitrogen and oxygen atoms in total. The molecule has 1 aliphatic rings. The molecule has 190 valence electrons. The number of nitrogens with one attached hydrogen (secondary N) is 2. The molecule has 4 aromatic rings. The van der Waals surface area contributed by atoms with Crippen LogP contribution in [0, 0.1) is 0 Å². The fourth-order valence-electron chi connectivity index (χ4n) is 5.07. The summed E-state index contributed by atoms with van der Waals surface area (Å²) < 4.78 is 10.4. The number of H-pyrrole nitrogens is 1. The fraction of sp³-hybridized carbons (Fsp3) is 0.241. The monoisotopic (exact) mass is 517 g/mol. The molecule has 2 N–H and O–H groups in total. The van der Waals surface area contributed by atoms with Gasteiger partial charge in [-0.25, -0.2) is 0 Å². The van der Waals surface area contributed by atoms with Crippen molar-refractivity contribution < 1.29 is 19.1 Å². The number of aromatic nitrogens is 1. The Kier molecular flexibility index (Phi) is 7.17. The number of fused-ring (bicyclic) bond motifs is 1. The molecule has 0 spiro atoms. The molecule has 1 aliphatic heterocycles. The summed E-state index contributed by atoms with van der Waals surface area (Å²) in [4.78, 5) is 31.5. The Labute approximate surface area is 220 Å². The van der Waals surface area contributed by atoms with E-state index in [9.17, 15) is 9.59 Å². The van der Waals surface area contributed by atoms with Crippen molar-refractivity contribution >= 4 is 34.4 Å². The van der Waals surface area contributed by atoms with E-state index in [0.717, 1.165) is 33.3 Å². The summed E-state index contributed by atoms with van der Waals surface area (Å²) in [5.74, 6) is 0.205. The SMILES string of the molecule is COC(=O)[C@@H]1C[C@@H](NC(=O)c2[nH]c3ccc(Cl)cc3c2-c2ccccc2)CN1Cc1cccc(OC)c1. The van der Waals surface area contributed by atoms with Gasteiger partial charge in [0.1, 0.15) is 17.5 Å². The third-order valence-corrected chi connectivity index (χ3v) is 7.02. The van der Waals surface area contributed by atoms with Gasteiger partial charge in [-0.3, -0.25) is 14.5 Å². The summed E-state index contributed by atoms with van der Waals surface area (Å²) in [6.07, 6.45) is 0.453. The van der Waals surface area contributed by atoms with E-state index in [1.807, 2.05) is 71.6 Å².